The molecule has 0 aliphatic heterocycles. The van der Waals surface area contributed by atoms with Gasteiger partial charge in [-0.05, 0) is 19.1 Å². The van der Waals surface area contributed by atoms with Gasteiger partial charge < -0.3 is 10.1 Å². The van der Waals surface area contributed by atoms with Gasteiger partial charge in [0.05, 0.1) is 6.54 Å². The Hall–Kier alpha value is -0.820. The van der Waals surface area contributed by atoms with Crippen molar-refractivity contribution >= 4 is 15.9 Å². The third-order valence-electron chi connectivity index (χ3n) is 1.93. The van der Waals surface area contributed by atoms with E-state index in [0.717, 1.165) is 0 Å². The number of hydrogen-bond acceptors (Lipinski definition) is 2. The summed E-state index contributed by atoms with van der Waals surface area (Å²) in [6, 6.07) is 3.98. The quantitative estimate of drug-likeness (QED) is 0.835. The summed E-state index contributed by atoms with van der Waals surface area (Å²) in [6.07, 6.45) is -4.75. The highest BCUT2D eigenvalue weighted by Crippen LogP contribution is 2.21. The summed E-state index contributed by atoms with van der Waals surface area (Å²) in [5, 5.41) is 2.22. The van der Waals surface area contributed by atoms with Crippen LogP contribution in [0.1, 0.15) is 6.92 Å². The zero-order valence-corrected chi connectivity index (χ0v) is 11.1. The minimum atomic E-state index is -4.25. The van der Waals surface area contributed by atoms with E-state index < -0.39 is 24.6 Å². The first-order chi connectivity index (χ1) is 8.26. The van der Waals surface area contributed by atoms with Gasteiger partial charge in [0.1, 0.15) is 17.7 Å². The first-order valence-electron chi connectivity index (χ1n) is 5.16. The molecule has 0 aliphatic carbocycles. The minimum Gasteiger partial charge on any atom is -0.489 e. The van der Waals surface area contributed by atoms with E-state index in [1.165, 1.54) is 12.1 Å². The van der Waals surface area contributed by atoms with Crippen LogP contribution in [0.4, 0.5) is 17.6 Å². The van der Waals surface area contributed by atoms with Crippen molar-refractivity contribution in [3.8, 4) is 5.75 Å². The van der Waals surface area contributed by atoms with Crippen molar-refractivity contribution in [2.24, 2.45) is 0 Å². The molecule has 1 aromatic carbocycles. The van der Waals surface area contributed by atoms with Gasteiger partial charge in [0.25, 0.3) is 0 Å². The summed E-state index contributed by atoms with van der Waals surface area (Å²) >= 11 is 3.10. The molecule has 0 radical (unpaired) electrons. The van der Waals surface area contributed by atoms with E-state index in [9.17, 15) is 17.6 Å². The normalized spacial score (nSPS) is 13.4. The van der Waals surface area contributed by atoms with Gasteiger partial charge in [-0.3, -0.25) is 0 Å². The van der Waals surface area contributed by atoms with E-state index in [1.807, 2.05) is 0 Å². The molecule has 18 heavy (non-hydrogen) atoms. The van der Waals surface area contributed by atoms with Gasteiger partial charge in [-0.1, -0.05) is 15.9 Å². The Kier molecular flexibility index (Phi) is 5.40. The fourth-order valence-electron chi connectivity index (χ4n) is 1.29. The molecule has 1 rings (SSSR count). The van der Waals surface area contributed by atoms with Crippen molar-refractivity contribution < 1.29 is 22.3 Å². The minimum absolute atomic E-state index is 0.0215. The van der Waals surface area contributed by atoms with E-state index >= 15 is 0 Å². The largest absolute Gasteiger partial charge is 0.489 e. The van der Waals surface area contributed by atoms with Crippen LogP contribution in [0.25, 0.3) is 0 Å². The van der Waals surface area contributed by atoms with Crippen molar-refractivity contribution in [2.45, 2.75) is 19.2 Å². The van der Waals surface area contributed by atoms with Gasteiger partial charge in [0.15, 0.2) is 0 Å². The van der Waals surface area contributed by atoms with E-state index in [0.29, 0.717) is 4.47 Å². The molecule has 1 N–H and O–H groups in total. The summed E-state index contributed by atoms with van der Waals surface area (Å²) in [5.41, 5.74) is 0. The summed E-state index contributed by atoms with van der Waals surface area (Å²) in [6.45, 7) is 0.545. The van der Waals surface area contributed by atoms with Crippen LogP contribution in [0, 0.1) is 5.82 Å². The van der Waals surface area contributed by atoms with Crippen molar-refractivity contribution in [1.29, 1.82) is 0 Å². The zero-order valence-electron chi connectivity index (χ0n) is 9.52. The molecule has 2 nitrogen and oxygen atoms in total. The average Bonchev–Trinajstić information content (AvgIpc) is 2.12. The van der Waals surface area contributed by atoms with Crippen LogP contribution in [0.3, 0.4) is 0 Å². The summed E-state index contributed by atoms with van der Waals surface area (Å²) in [5.74, 6) is -0.210. The third-order valence-corrected chi connectivity index (χ3v) is 2.39. The van der Waals surface area contributed by atoms with Crippen molar-refractivity contribution in [2.75, 3.05) is 13.1 Å². The molecule has 1 unspecified atom stereocenters. The summed E-state index contributed by atoms with van der Waals surface area (Å²) in [4.78, 5) is 0. The number of nitrogens with one attached hydrogen (secondary N) is 1. The molecule has 102 valence electrons. The fourth-order valence-corrected chi connectivity index (χ4v) is 1.73. The lowest BCUT2D eigenvalue weighted by molar-refractivity contribution is -0.125. The summed E-state index contributed by atoms with van der Waals surface area (Å²) < 4.78 is 54.4. The molecule has 1 aromatic rings. The summed E-state index contributed by atoms with van der Waals surface area (Å²) in [7, 11) is 0. The van der Waals surface area contributed by atoms with Crippen LogP contribution in [0.15, 0.2) is 22.7 Å². The maximum Gasteiger partial charge on any atom is 0.401 e. The zero-order chi connectivity index (χ0) is 13.8. The molecule has 0 heterocycles. The second kappa shape index (κ2) is 6.38. The van der Waals surface area contributed by atoms with Gasteiger partial charge in [-0.2, -0.15) is 13.2 Å². The van der Waals surface area contributed by atoms with E-state index in [1.54, 1.807) is 13.0 Å². The highest BCUT2D eigenvalue weighted by atomic mass is 79.9. The van der Waals surface area contributed by atoms with Crippen LogP contribution >= 0.6 is 15.9 Å². The van der Waals surface area contributed by atoms with Gasteiger partial charge in [-0.25, -0.2) is 4.39 Å². The van der Waals surface area contributed by atoms with Gasteiger partial charge in [-0.15, -0.1) is 0 Å². The lowest BCUT2D eigenvalue weighted by atomic mass is 10.3. The molecule has 7 heteroatoms. The van der Waals surface area contributed by atoms with Gasteiger partial charge in [0.2, 0.25) is 0 Å². The van der Waals surface area contributed by atoms with E-state index in [-0.39, 0.29) is 12.3 Å². The molecule has 0 spiro atoms. The molecule has 1 atom stereocenters. The van der Waals surface area contributed by atoms with Crippen molar-refractivity contribution in [1.82, 2.24) is 5.32 Å². The molecule has 0 aliphatic rings. The standard InChI is InChI=1S/C11H12BrF4NO/c1-7(5-17-6-11(14,15)16)18-10-3-8(12)2-9(13)4-10/h2-4,7,17H,5-6H2,1H3. The molecule has 0 saturated carbocycles. The second-order valence-corrected chi connectivity index (χ2v) is 4.70. The first-order valence-corrected chi connectivity index (χ1v) is 5.96. The number of rotatable bonds is 5. The van der Waals surface area contributed by atoms with Crippen LogP contribution < -0.4 is 10.1 Å². The van der Waals surface area contributed by atoms with E-state index in [4.69, 9.17) is 4.74 Å². The maximum atomic E-state index is 13.0. The highest BCUT2D eigenvalue weighted by Gasteiger charge is 2.26. The van der Waals surface area contributed by atoms with Crippen molar-refractivity contribution in [3.05, 3.63) is 28.5 Å². The van der Waals surface area contributed by atoms with E-state index in [2.05, 4.69) is 21.2 Å². The fraction of sp³-hybridized carbons (Fsp3) is 0.455. The molecular weight excluding hydrogens is 318 g/mol. The number of ether oxygens (including phenoxy) is 1. The number of benzene rings is 1. The van der Waals surface area contributed by atoms with Crippen LogP contribution in [0.5, 0.6) is 5.75 Å². The highest BCUT2D eigenvalue weighted by molar-refractivity contribution is 9.10. The number of halogens is 5. The SMILES string of the molecule is CC(CNCC(F)(F)F)Oc1cc(F)cc(Br)c1. The molecule has 0 saturated heterocycles. The van der Waals surface area contributed by atoms with Crippen LogP contribution in [-0.2, 0) is 0 Å². The number of hydrogen-bond donors (Lipinski definition) is 1. The number of alkyl halides is 3. The van der Waals surface area contributed by atoms with Crippen molar-refractivity contribution in [3.63, 3.8) is 0 Å². The third kappa shape index (κ3) is 6.20. The van der Waals surface area contributed by atoms with Crippen LogP contribution in [0.2, 0.25) is 0 Å². The smallest absolute Gasteiger partial charge is 0.401 e. The first kappa shape index (κ1) is 15.2. The predicted molar refractivity (Wildman–Crippen MR) is 63.1 cm³/mol. The second-order valence-electron chi connectivity index (χ2n) is 3.78. The maximum absolute atomic E-state index is 13.0. The molecule has 0 amide bonds. The Balaban J connectivity index is 2.42. The molecule has 0 fully saturated rings. The monoisotopic (exact) mass is 329 g/mol. The molecule has 0 aromatic heterocycles. The predicted octanol–water partition coefficient (Wildman–Crippen LogP) is 3.51. The van der Waals surface area contributed by atoms with Gasteiger partial charge >= 0.3 is 6.18 Å². The Morgan fingerprint density at radius 2 is 2.00 bits per heavy atom. The molecule has 0 bridgehead atoms. The van der Waals surface area contributed by atoms with Gasteiger partial charge in [0, 0.05) is 17.1 Å². The Bertz CT molecular complexity index is 377. The topological polar surface area (TPSA) is 21.3 Å². The Labute approximate surface area is 110 Å². The Morgan fingerprint density at radius 3 is 2.56 bits per heavy atom. The lowest BCUT2D eigenvalue weighted by Gasteiger charge is -2.16. The lowest BCUT2D eigenvalue weighted by Crippen LogP contribution is -2.35. The molecular formula is C11H12BrF4NO. The average molecular weight is 330 g/mol. The van der Waals surface area contributed by atoms with Crippen LogP contribution in [-0.4, -0.2) is 25.4 Å². The Morgan fingerprint density at radius 1 is 1.33 bits per heavy atom.